The van der Waals surface area contributed by atoms with Crippen molar-refractivity contribution in [2.45, 2.75) is 33.2 Å². The molecule has 1 unspecified atom stereocenters. The van der Waals surface area contributed by atoms with Gasteiger partial charge in [-0.15, -0.1) is 24.8 Å². The monoisotopic (exact) mass is 378 g/mol. The summed E-state index contributed by atoms with van der Waals surface area (Å²) in [5.74, 6) is 2.44. The van der Waals surface area contributed by atoms with E-state index in [4.69, 9.17) is 9.47 Å². The molecule has 1 N–H and O–H groups in total. The van der Waals surface area contributed by atoms with Gasteiger partial charge in [0.15, 0.2) is 0 Å². The van der Waals surface area contributed by atoms with Crippen LogP contribution in [0.25, 0.3) is 0 Å². The van der Waals surface area contributed by atoms with Crippen LogP contribution in [0, 0.1) is 12.8 Å². The number of nitrogens with zero attached hydrogens (tertiary/aromatic N) is 1. The van der Waals surface area contributed by atoms with Crippen molar-refractivity contribution < 1.29 is 9.47 Å². The first kappa shape index (κ1) is 23.3. The highest BCUT2D eigenvalue weighted by atomic mass is 35.5. The minimum atomic E-state index is 0. The number of methoxy groups -OCH3 is 2. The van der Waals surface area contributed by atoms with Gasteiger partial charge in [-0.05, 0) is 30.5 Å². The van der Waals surface area contributed by atoms with Gasteiger partial charge in [-0.1, -0.05) is 20.3 Å². The third-order valence-corrected chi connectivity index (χ3v) is 4.71. The molecule has 1 aliphatic heterocycles. The van der Waals surface area contributed by atoms with Gasteiger partial charge in [0.05, 0.1) is 19.8 Å². The van der Waals surface area contributed by atoms with Crippen LogP contribution in [0.4, 0.5) is 0 Å². The molecule has 0 saturated carbocycles. The van der Waals surface area contributed by atoms with Crippen molar-refractivity contribution in [3.05, 3.63) is 23.3 Å². The molecule has 0 bridgehead atoms. The van der Waals surface area contributed by atoms with E-state index in [-0.39, 0.29) is 24.8 Å². The molecule has 1 saturated heterocycles. The van der Waals surface area contributed by atoms with E-state index < -0.39 is 0 Å². The second-order valence-electron chi connectivity index (χ2n) is 6.20. The summed E-state index contributed by atoms with van der Waals surface area (Å²) in [6.07, 6.45) is 1.13. The fourth-order valence-electron chi connectivity index (χ4n) is 3.37. The van der Waals surface area contributed by atoms with Crippen molar-refractivity contribution in [3.63, 3.8) is 0 Å². The third kappa shape index (κ3) is 5.16. The molecule has 140 valence electrons. The summed E-state index contributed by atoms with van der Waals surface area (Å²) in [6, 6.07) is 4.57. The SMILES string of the molecule is CCC(C)[C@@H](c1c(OC)cc(C)cc1OC)N1CCNCC1.Cl.Cl. The second-order valence-corrected chi connectivity index (χ2v) is 6.20. The van der Waals surface area contributed by atoms with Crippen LogP contribution in [0.2, 0.25) is 0 Å². The van der Waals surface area contributed by atoms with Gasteiger partial charge in [-0.2, -0.15) is 0 Å². The fourth-order valence-corrected chi connectivity index (χ4v) is 3.37. The molecule has 0 spiro atoms. The Bertz CT molecular complexity index is 469. The molecule has 2 atom stereocenters. The molecular weight excluding hydrogens is 347 g/mol. The lowest BCUT2D eigenvalue weighted by molar-refractivity contribution is 0.123. The van der Waals surface area contributed by atoms with E-state index in [1.54, 1.807) is 14.2 Å². The van der Waals surface area contributed by atoms with Crippen LogP contribution in [0.5, 0.6) is 11.5 Å². The van der Waals surface area contributed by atoms with E-state index in [9.17, 15) is 0 Å². The average molecular weight is 379 g/mol. The van der Waals surface area contributed by atoms with Crippen molar-refractivity contribution >= 4 is 24.8 Å². The third-order valence-electron chi connectivity index (χ3n) is 4.71. The normalized spacial score (nSPS) is 17.2. The second kappa shape index (κ2) is 11.0. The summed E-state index contributed by atoms with van der Waals surface area (Å²) < 4.78 is 11.4. The van der Waals surface area contributed by atoms with Crippen molar-refractivity contribution in [2.24, 2.45) is 5.92 Å². The van der Waals surface area contributed by atoms with Gasteiger partial charge < -0.3 is 14.8 Å². The molecule has 2 rings (SSSR count). The summed E-state index contributed by atoms with van der Waals surface area (Å²) in [5, 5.41) is 3.44. The zero-order valence-corrected chi connectivity index (χ0v) is 17.1. The number of piperazine rings is 1. The van der Waals surface area contributed by atoms with Crippen LogP contribution in [-0.4, -0.2) is 45.3 Å². The van der Waals surface area contributed by atoms with Gasteiger partial charge >= 0.3 is 0 Å². The minimum Gasteiger partial charge on any atom is -0.496 e. The first-order valence-electron chi connectivity index (χ1n) is 8.29. The largest absolute Gasteiger partial charge is 0.496 e. The molecule has 1 aromatic rings. The number of hydrogen-bond acceptors (Lipinski definition) is 4. The summed E-state index contributed by atoms with van der Waals surface area (Å²) in [7, 11) is 3.51. The number of nitrogens with one attached hydrogen (secondary N) is 1. The molecule has 4 nitrogen and oxygen atoms in total. The molecule has 6 heteroatoms. The lowest BCUT2D eigenvalue weighted by Gasteiger charge is -2.39. The highest BCUT2D eigenvalue weighted by molar-refractivity contribution is 5.85. The van der Waals surface area contributed by atoms with Crippen molar-refractivity contribution in [3.8, 4) is 11.5 Å². The van der Waals surface area contributed by atoms with Gasteiger partial charge in [0.25, 0.3) is 0 Å². The van der Waals surface area contributed by atoms with Crippen LogP contribution in [-0.2, 0) is 0 Å². The van der Waals surface area contributed by atoms with Crippen LogP contribution in [0.3, 0.4) is 0 Å². The smallest absolute Gasteiger partial charge is 0.127 e. The zero-order chi connectivity index (χ0) is 16.1. The number of benzene rings is 1. The minimum absolute atomic E-state index is 0. The topological polar surface area (TPSA) is 33.7 Å². The Morgan fingerprint density at radius 2 is 1.58 bits per heavy atom. The van der Waals surface area contributed by atoms with Gasteiger partial charge in [0.1, 0.15) is 11.5 Å². The maximum absolute atomic E-state index is 5.71. The maximum Gasteiger partial charge on any atom is 0.127 e. The lowest BCUT2D eigenvalue weighted by Crippen LogP contribution is -2.46. The van der Waals surface area contributed by atoms with E-state index >= 15 is 0 Å². The van der Waals surface area contributed by atoms with Crippen molar-refractivity contribution in [2.75, 3.05) is 40.4 Å². The summed E-state index contributed by atoms with van der Waals surface area (Å²) in [4.78, 5) is 2.57. The Labute approximate surface area is 159 Å². The number of halogens is 2. The average Bonchev–Trinajstić information content (AvgIpc) is 2.56. The predicted molar refractivity (Wildman–Crippen MR) is 105 cm³/mol. The Morgan fingerprint density at radius 1 is 1.08 bits per heavy atom. The van der Waals surface area contributed by atoms with E-state index in [1.807, 2.05) is 0 Å². The zero-order valence-electron chi connectivity index (χ0n) is 15.4. The molecule has 1 aromatic carbocycles. The van der Waals surface area contributed by atoms with Gasteiger partial charge in [-0.3, -0.25) is 4.90 Å². The summed E-state index contributed by atoms with van der Waals surface area (Å²) in [6.45, 7) is 10.9. The van der Waals surface area contributed by atoms with Gasteiger partial charge in [-0.25, -0.2) is 0 Å². The Hall–Kier alpha value is -0.680. The van der Waals surface area contributed by atoms with Crippen LogP contribution < -0.4 is 14.8 Å². The van der Waals surface area contributed by atoms with Crippen molar-refractivity contribution in [1.29, 1.82) is 0 Å². The van der Waals surface area contributed by atoms with Crippen molar-refractivity contribution in [1.82, 2.24) is 10.2 Å². The van der Waals surface area contributed by atoms with Gasteiger partial charge in [0.2, 0.25) is 0 Å². The first-order valence-corrected chi connectivity index (χ1v) is 8.29. The predicted octanol–water partition coefficient (Wildman–Crippen LogP) is 3.85. The molecule has 0 aromatic heterocycles. The summed E-state index contributed by atoms with van der Waals surface area (Å²) >= 11 is 0. The maximum atomic E-state index is 5.71. The number of aryl methyl sites for hydroxylation is 1. The molecule has 1 fully saturated rings. The van der Waals surface area contributed by atoms with E-state index in [2.05, 4.69) is 43.1 Å². The van der Waals surface area contributed by atoms with Crippen LogP contribution >= 0.6 is 24.8 Å². The molecule has 0 radical (unpaired) electrons. The highest BCUT2D eigenvalue weighted by Gasteiger charge is 2.31. The molecule has 0 amide bonds. The Balaban J connectivity index is 0.00000264. The molecule has 1 aliphatic rings. The molecule has 0 aliphatic carbocycles. The first-order chi connectivity index (χ1) is 10.6. The molecular formula is C18H32Cl2N2O2. The van der Waals surface area contributed by atoms with E-state index in [1.165, 1.54) is 11.1 Å². The van der Waals surface area contributed by atoms with Crippen LogP contribution in [0.1, 0.15) is 37.4 Å². The fraction of sp³-hybridized carbons (Fsp3) is 0.667. The molecule has 1 heterocycles. The highest BCUT2D eigenvalue weighted by Crippen LogP contribution is 2.42. The summed E-state index contributed by atoms with van der Waals surface area (Å²) in [5.41, 5.74) is 2.37. The Kier molecular flexibility index (Phi) is 10.7. The number of ether oxygens (including phenoxy) is 2. The number of hydrogen-bond donors (Lipinski definition) is 1. The lowest BCUT2D eigenvalue weighted by atomic mass is 9.88. The van der Waals surface area contributed by atoms with E-state index in [0.29, 0.717) is 12.0 Å². The molecule has 24 heavy (non-hydrogen) atoms. The standard InChI is InChI=1S/C18H30N2O2.2ClH/c1-6-14(3)18(20-9-7-19-8-10-20)17-15(21-4)11-13(2)12-16(17)22-5;;/h11-12,14,18-19H,6-10H2,1-5H3;2*1H/t14?,18-;;/m0../s1. The van der Waals surface area contributed by atoms with Crippen LogP contribution in [0.15, 0.2) is 12.1 Å². The van der Waals surface area contributed by atoms with Gasteiger partial charge in [0, 0.05) is 32.2 Å². The van der Waals surface area contributed by atoms with E-state index in [0.717, 1.165) is 44.1 Å². The quantitative estimate of drug-likeness (QED) is 0.814. The Morgan fingerprint density at radius 3 is 2.00 bits per heavy atom. The number of rotatable bonds is 6.